The smallest absolute Gasteiger partial charge is 0.221 e. The molecule has 2 rings (SSSR count). The average molecular weight is 215 g/mol. The van der Waals surface area contributed by atoms with Crippen molar-refractivity contribution in [3.63, 3.8) is 0 Å². The van der Waals surface area contributed by atoms with Crippen LogP contribution < -0.4 is 5.32 Å². The number of hydrogen-bond acceptors (Lipinski definition) is 2. The van der Waals surface area contributed by atoms with Crippen LogP contribution in [-0.2, 0) is 11.3 Å². The first-order valence-electron chi connectivity index (χ1n) is 5.04. The number of benzene rings is 1. The molecule has 0 aliphatic rings. The minimum absolute atomic E-state index is 0.0788. The van der Waals surface area contributed by atoms with E-state index in [0.717, 1.165) is 23.3 Å². The van der Waals surface area contributed by atoms with E-state index in [9.17, 15) is 4.79 Å². The summed E-state index contributed by atoms with van der Waals surface area (Å²) in [6, 6.07) is 5.67. The third-order valence-electron chi connectivity index (χ3n) is 2.27. The molecule has 16 heavy (non-hydrogen) atoms. The fraction of sp³-hybridized carbons (Fsp3) is 0.167. The SMILES string of the molecule is C=CCn1cnc2cc(NC(C)=O)ccc21. The lowest BCUT2D eigenvalue weighted by molar-refractivity contribution is -0.114. The third kappa shape index (κ3) is 1.95. The topological polar surface area (TPSA) is 46.9 Å². The largest absolute Gasteiger partial charge is 0.327 e. The van der Waals surface area contributed by atoms with Crippen LogP contribution in [0.25, 0.3) is 11.0 Å². The summed E-state index contributed by atoms with van der Waals surface area (Å²) in [5, 5.41) is 2.73. The first-order valence-corrected chi connectivity index (χ1v) is 5.04. The number of carbonyl (C=O) groups is 1. The number of hydrogen-bond donors (Lipinski definition) is 1. The molecule has 1 N–H and O–H groups in total. The summed E-state index contributed by atoms with van der Waals surface area (Å²) in [5.74, 6) is -0.0788. The van der Waals surface area contributed by atoms with Crippen molar-refractivity contribution in [1.82, 2.24) is 9.55 Å². The number of nitrogens with zero attached hydrogens (tertiary/aromatic N) is 2. The molecule has 1 heterocycles. The molecule has 0 aliphatic heterocycles. The van der Waals surface area contributed by atoms with Crippen molar-refractivity contribution in [2.75, 3.05) is 5.32 Å². The van der Waals surface area contributed by atoms with Gasteiger partial charge in [-0.25, -0.2) is 4.98 Å². The number of amides is 1. The summed E-state index contributed by atoms with van der Waals surface area (Å²) in [6.45, 7) is 5.91. The van der Waals surface area contributed by atoms with Gasteiger partial charge < -0.3 is 9.88 Å². The summed E-state index contributed by atoms with van der Waals surface area (Å²) in [4.78, 5) is 15.2. The van der Waals surface area contributed by atoms with Crippen molar-refractivity contribution in [1.29, 1.82) is 0 Å². The molecule has 1 aromatic heterocycles. The van der Waals surface area contributed by atoms with E-state index in [4.69, 9.17) is 0 Å². The summed E-state index contributed by atoms with van der Waals surface area (Å²) < 4.78 is 2.00. The summed E-state index contributed by atoms with van der Waals surface area (Å²) >= 11 is 0. The molecule has 82 valence electrons. The Morgan fingerprint density at radius 2 is 2.44 bits per heavy atom. The first kappa shape index (κ1) is 10.4. The number of nitrogens with one attached hydrogen (secondary N) is 1. The van der Waals surface area contributed by atoms with Crippen LogP contribution in [0.2, 0.25) is 0 Å². The molecule has 0 saturated carbocycles. The van der Waals surface area contributed by atoms with Gasteiger partial charge in [0.1, 0.15) is 0 Å². The van der Waals surface area contributed by atoms with E-state index in [0.29, 0.717) is 0 Å². The number of carbonyl (C=O) groups excluding carboxylic acids is 1. The second-order valence-electron chi connectivity index (χ2n) is 3.57. The molecule has 0 saturated heterocycles. The van der Waals surface area contributed by atoms with Crippen LogP contribution in [0, 0.1) is 0 Å². The summed E-state index contributed by atoms with van der Waals surface area (Å²) in [7, 11) is 0. The van der Waals surface area contributed by atoms with Gasteiger partial charge in [0, 0.05) is 19.2 Å². The lowest BCUT2D eigenvalue weighted by Gasteiger charge is -2.02. The van der Waals surface area contributed by atoms with Crippen molar-refractivity contribution in [3.05, 3.63) is 37.2 Å². The number of rotatable bonds is 3. The molecule has 0 bridgehead atoms. The van der Waals surface area contributed by atoms with Crippen molar-refractivity contribution >= 4 is 22.6 Å². The normalized spacial score (nSPS) is 10.3. The third-order valence-corrected chi connectivity index (χ3v) is 2.27. The molecule has 0 radical (unpaired) electrons. The highest BCUT2D eigenvalue weighted by atomic mass is 16.1. The molecule has 1 amide bonds. The summed E-state index contributed by atoms with van der Waals surface area (Å²) in [5.41, 5.74) is 2.67. The minimum Gasteiger partial charge on any atom is -0.327 e. The van der Waals surface area contributed by atoms with Gasteiger partial charge in [-0.15, -0.1) is 6.58 Å². The minimum atomic E-state index is -0.0788. The van der Waals surface area contributed by atoms with Gasteiger partial charge in [0.05, 0.1) is 17.4 Å². The molecule has 0 aliphatic carbocycles. The Morgan fingerprint density at radius 3 is 3.12 bits per heavy atom. The number of fused-ring (bicyclic) bond motifs is 1. The average Bonchev–Trinajstić information content (AvgIpc) is 2.61. The van der Waals surface area contributed by atoms with Gasteiger partial charge in [0.15, 0.2) is 0 Å². The van der Waals surface area contributed by atoms with Crippen LogP contribution in [0.4, 0.5) is 5.69 Å². The number of imidazole rings is 1. The predicted octanol–water partition coefficient (Wildman–Crippen LogP) is 2.18. The van der Waals surface area contributed by atoms with Gasteiger partial charge in [0.25, 0.3) is 0 Å². The number of anilines is 1. The van der Waals surface area contributed by atoms with E-state index in [1.165, 1.54) is 6.92 Å². The van der Waals surface area contributed by atoms with Crippen molar-refractivity contribution < 1.29 is 4.79 Å². The maximum absolute atomic E-state index is 10.9. The van der Waals surface area contributed by atoms with E-state index in [2.05, 4.69) is 16.9 Å². The molecular weight excluding hydrogens is 202 g/mol. The van der Waals surface area contributed by atoms with Crippen LogP contribution in [-0.4, -0.2) is 15.5 Å². The second kappa shape index (κ2) is 4.18. The fourth-order valence-electron chi connectivity index (χ4n) is 1.63. The molecule has 4 heteroatoms. The molecule has 0 fully saturated rings. The van der Waals surface area contributed by atoms with Gasteiger partial charge in [-0.3, -0.25) is 4.79 Å². The van der Waals surface area contributed by atoms with E-state index < -0.39 is 0 Å². The van der Waals surface area contributed by atoms with Gasteiger partial charge in [-0.2, -0.15) is 0 Å². The Hall–Kier alpha value is -2.10. The maximum Gasteiger partial charge on any atom is 0.221 e. The Bertz CT molecular complexity index is 542. The van der Waals surface area contributed by atoms with Crippen molar-refractivity contribution in [3.8, 4) is 0 Å². The summed E-state index contributed by atoms with van der Waals surface area (Å²) in [6.07, 6.45) is 3.59. The lowest BCUT2D eigenvalue weighted by atomic mass is 10.2. The molecule has 4 nitrogen and oxygen atoms in total. The van der Waals surface area contributed by atoms with Gasteiger partial charge in [-0.05, 0) is 18.2 Å². The molecular formula is C12H13N3O. The quantitative estimate of drug-likeness (QED) is 0.798. The fourth-order valence-corrected chi connectivity index (χ4v) is 1.63. The zero-order valence-electron chi connectivity index (χ0n) is 9.10. The Balaban J connectivity index is 2.40. The Kier molecular flexibility index (Phi) is 2.72. The zero-order valence-corrected chi connectivity index (χ0v) is 9.10. The molecule has 0 atom stereocenters. The van der Waals surface area contributed by atoms with Gasteiger partial charge in [-0.1, -0.05) is 6.08 Å². The second-order valence-corrected chi connectivity index (χ2v) is 3.57. The van der Waals surface area contributed by atoms with Crippen LogP contribution in [0.1, 0.15) is 6.92 Å². The van der Waals surface area contributed by atoms with Gasteiger partial charge >= 0.3 is 0 Å². The van der Waals surface area contributed by atoms with Gasteiger partial charge in [0.2, 0.25) is 5.91 Å². The molecule has 0 unspecified atom stereocenters. The van der Waals surface area contributed by atoms with Crippen molar-refractivity contribution in [2.24, 2.45) is 0 Å². The lowest BCUT2D eigenvalue weighted by Crippen LogP contribution is -2.05. The highest BCUT2D eigenvalue weighted by Crippen LogP contribution is 2.18. The van der Waals surface area contributed by atoms with Crippen LogP contribution in [0.5, 0.6) is 0 Å². The zero-order chi connectivity index (χ0) is 11.5. The standard InChI is InChI=1S/C12H13N3O/c1-3-6-15-8-13-11-7-10(14-9(2)16)4-5-12(11)15/h3-5,7-8H,1,6H2,2H3,(H,14,16). The number of aromatic nitrogens is 2. The van der Waals surface area contributed by atoms with Crippen molar-refractivity contribution in [2.45, 2.75) is 13.5 Å². The number of allylic oxidation sites excluding steroid dienone is 1. The highest BCUT2D eigenvalue weighted by Gasteiger charge is 2.03. The Labute approximate surface area is 93.6 Å². The van der Waals surface area contributed by atoms with E-state index in [1.807, 2.05) is 28.8 Å². The highest BCUT2D eigenvalue weighted by molar-refractivity contribution is 5.91. The maximum atomic E-state index is 10.9. The molecule has 2 aromatic rings. The van der Waals surface area contributed by atoms with Crippen LogP contribution in [0.15, 0.2) is 37.2 Å². The van der Waals surface area contributed by atoms with E-state index in [-0.39, 0.29) is 5.91 Å². The Morgan fingerprint density at radius 1 is 1.62 bits per heavy atom. The first-order chi connectivity index (χ1) is 7.70. The van der Waals surface area contributed by atoms with Crippen LogP contribution >= 0.6 is 0 Å². The van der Waals surface area contributed by atoms with Crippen LogP contribution in [0.3, 0.4) is 0 Å². The van der Waals surface area contributed by atoms with E-state index >= 15 is 0 Å². The molecule has 0 spiro atoms. The monoisotopic (exact) mass is 215 g/mol. The predicted molar refractivity (Wildman–Crippen MR) is 64.2 cm³/mol. The van der Waals surface area contributed by atoms with E-state index in [1.54, 1.807) is 6.33 Å². The molecule has 1 aromatic carbocycles.